The first kappa shape index (κ1) is 26.9. The van der Waals surface area contributed by atoms with Crippen LogP contribution in [0.3, 0.4) is 0 Å². The molecule has 9 heteroatoms. The fourth-order valence-electron chi connectivity index (χ4n) is 4.60. The third kappa shape index (κ3) is 5.54. The van der Waals surface area contributed by atoms with Gasteiger partial charge in [-0.3, -0.25) is 4.79 Å². The number of ether oxygens (including phenoxy) is 2. The molecule has 8 nitrogen and oxygen atoms in total. The molecule has 0 spiro atoms. The second-order valence-electron chi connectivity index (χ2n) is 9.12. The zero-order chi connectivity index (χ0) is 28.2. The number of hydrogen-bond acceptors (Lipinski definition) is 5. The minimum Gasteiger partial charge on any atom is -0.497 e. The SMILES string of the molecule is COC[C@@H](NC(=O)c1ccc(-c2cc(Cl)ccc2-c2nc3cc(OC)ccc3[nH]2)c(C(=O)O)c1)c1ccccc1. The molecule has 0 saturated carbocycles. The highest BCUT2D eigenvalue weighted by atomic mass is 35.5. The molecule has 0 aliphatic heterocycles. The summed E-state index contributed by atoms with van der Waals surface area (Å²) in [5.41, 5.74) is 4.15. The van der Waals surface area contributed by atoms with E-state index in [0.717, 1.165) is 11.1 Å². The van der Waals surface area contributed by atoms with Gasteiger partial charge in [0.25, 0.3) is 5.91 Å². The van der Waals surface area contributed by atoms with Gasteiger partial charge in [0.2, 0.25) is 0 Å². The summed E-state index contributed by atoms with van der Waals surface area (Å²) in [6, 6.07) is 24.3. The summed E-state index contributed by atoms with van der Waals surface area (Å²) in [4.78, 5) is 33.6. The molecule has 0 fully saturated rings. The molecule has 1 atom stereocenters. The van der Waals surface area contributed by atoms with E-state index >= 15 is 0 Å². The van der Waals surface area contributed by atoms with Gasteiger partial charge in [0, 0.05) is 29.3 Å². The standard InChI is InChI=1S/C31H26ClN3O5/c1-39-17-28(18-6-4-3-5-7-18)35-30(36)19-8-11-22(25(14-19)31(37)38)24-15-20(32)9-12-23(24)29-33-26-13-10-21(40-2)16-27(26)34-29/h3-16,28H,17H2,1-2H3,(H,33,34)(H,35,36)(H,37,38)/t28-/m1/s1. The number of halogens is 1. The summed E-state index contributed by atoms with van der Waals surface area (Å²) in [6.45, 7) is 0.259. The fraction of sp³-hybridized carbons (Fsp3) is 0.129. The molecule has 5 rings (SSSR count). The lowest BCUT2D eigenvalue weighted by Crippen LogP contribution is -2.31. The molecule has 202 valence electrons. The Morgan fingerprint density at radius 3 is 2.45 bits per heavy atom. The molecular weight excluding hydrogens is 530 g/mol. The van der Waals surface area contributed by atoms with Crippen molar-refractivity contribution >= 4 is 34.5 Å². The normalized spacial score (nSPS) is 11.8. The number of benzene rings is 4. The molecule has 0 bridgehead atoms. The molecular formula is C31H26ClN3O5. The Labute approximate surface area is 235 Å². The molecule has 0 radical (unpaired) electrons. The van der Waals surface area contributed by atoms with Crippen molar-refractivity contribution in [2.75, 3.05) is 20.8 Å². The van der Waals surface area contributed by atoms with Crippen LogP contribution in [-0.4, -0.2) is 47.8 Å². The number of imidazole rings is 1. The number of nitrogens with zero attached hydrogens (tertiary/aromatic N) is 1. The number of amides is 1. The predicted octanol–water partition coefficient (Wildman–Crippen LogP) is 6.37. The van der Waals surface area contributed by atoms with Crippen molar-refractivity contribution < 1.29 is 24.2 Å². The van der Waals surface area contributed by atoms with Gasteiger partial charge in [-0.25, -0.2) is 9.78 Å². The van der Waals surface area contributed by atoms with Crippen LogP contribution in [0.1, 0.15) is 32.3 Å². The highest BCUT2D eigenvalue weighted by molar-refractivity contribution is 6.31. The van der Waals surface area contributed by atoms with Crippen LogP contribution in [-0.2, 0) is 4.74 Å². The summed E-state index contributed by atoms with van der Waals surface area (Å²) in [6.07, 6.45) is 0. The van der Waals surface area contributed by atoms with Gasteiger partial charge in [-0.05, 0) is 59.2 Å². The van der Waals surface area contributed by atoms with E-state index in [9.17, 15) is 14.7 Å². The van der Waals surface area contributed by atoms with Gasteiger partial charge in [-0.15, -0.1) is 0 Å². The van der Waals surface area contributed by atoms with E-state index in [2.05, 4.69) is 10.3 Å². The molecule has 5 aromatic rings. The Kier molecular flexibility index (Phi) is 7.82. The first-order chi connectivity index (χ1) is 19.4. The highest BCUT2D eigenvalue weighted by Crippen LogP contribution is 2.36. The number of carbonyl (C=O) groups is 2. The summed E-state index contributed by atoms with van der Waals surface area (Å²) in [7, 11) is 3.14. The lowest BCUT2D eigenvalue weighted by atomic mass is 9.93. The van der Waals surface area contributed by atoms with Gasteiger partial charge in [0.1, 0.15) is 11.6 Å². The third-order valence-electron chi connectivity index (χ3n) is 6.57. The van der Waals surface area contributed by atoms with Crippen LogP contribution in [0.5, 0.6) is 5.75 Å². The number of carboxylic acids is 1. The lowest BCUT2D eigenvalue weighted by Gasteiger charge is -2.19. The number of aromatic amines is 1. The number of carboxylic acid groups (broad SMARTS) is 1. The number of H-pyrrole nitrogens is 1. The van der Waals surface area contributed by atoms with Gasteiger partial charge in [0.05, 0.1) is 36.4 Å². The van der Waals surface area contributed by atoms with Crippen LogP contribution in [0.4, 0.5) is 0 Å². The third-order valence-corrected chi connectivity index (χ3v) is 6.80. The van der Waals surface area contributed by atoms with Crippen LogP contribution in [0.25, 0.3) is 33.5 Å². The Morgan fingerprint density at radius 1 is 0.950 bits per heavy atom. The number of rotatable bonds is 9. The molecule has 1 aromatic heterocycles. The molecule has 0 aliphatic rings. The summed E-state index contributed by atoms with van der Waals surface area (Å²) in [5, 5.41) is 13.5. The van der Waals surface area contributed by atoms with Crippen LogP contribution in [0.15, 0.2) is 84.9 Å². The van der Waals surface area contributed by atoms with E-state index in [0.29, 0.717) is 38.8 Å². The van der Waals surface area contributed by atoms with Crippen LogP contribution >= 0.6 is 11.6 Å². The first-order valence-corrected chi connectivity index (χ1v) is 12.8. The summed E-state index contributed by atoms with van der Waals surface area (Å²) < 4.78 is 10.6. The number of carbonyl (C=O) groups excluding carboxylic acids is 1. The van der Waals surface area contributed by atoms with Gasteiger partial charge in [-0.1, -0.05) is 48.0 Å². The molecule has 0 unspecified atom stereocenters. The van der Waals surface area contributed by atoms with Crippen molar-refractivity contribution in [3.05, 3.63) is 107 Å². The van der Waals surface area contributed by atoms with Crippen molar-refractivity contribution in [3.8, 4) is 28.3 Å². The molecule has 1 heterocycles. The summed E-state index contributed by atoms with van der Waals surface area (Å²) in [5.74, 6) is -0.388. The molecule has 4 aromatic carbocycles. The van der Waals surface area contributed by atoms with Crippen molar-refractivity contribution in [1.82, 2.24) is 15.3 Å². The quantitative estimate of drug-likeness (QED) is 0.195. The Bertz CT molecular complexity index is 1700. The van der Waals surface area contributed by atoms with Crippen molar-refractivity contribution in [2.45, 2.75) is 6.04 Å². The maximum atomic E-state index is 13.2. The number of aromatic carboxylic acids is 1. The number of methoxy groups -OCH3 is 2. The minimum absolute atomic E-state index is 0.0445. The summed E-state index contributed by atoms with van der Waals surface area (Å²) >= 11 is 6.36. The van der Waals surface area contributed by atoms with E-state index < -0.39 is 17.9 Å². The van der Waals surface area contributed by atoms with Gasteiger partial charge >= 0.3 is 5.97 Å². The fourth-order valence-corrected chi connectivity index (χ4v) is 4.77. The topological polar surface area (TPSA) is 114 Å². The Hall–Kier alpha value is -4.66. The van der Waals surface area contributed by atoms with Gasteiger partial charge < -0.3 is 24.9 Å². The molecule has 3 N–H and O–H groups in total. The van der Waals surface area contributed by atoms with Crippen LogP contribution < -0.4 is 10.1 Å². The molecule has 1 amide bonds. The predicted molar refractivity (Wildman–Crippen MR) is 154 cm³/mol. The average Bonchev–Trinajstić information content (AvgIpc) is 3.40. The largest absolute Gasteiger partial charge is 0.497 e. The second-order valence-corrected chi connectivity index (χ2v) is 9.55. The van der Waals surface area contributed by atoms with Crippen molar-refractivity contribution in [1.29, 1.82) is 0 Å². The van der Waals surface area contributed by atoms with Crippen molar-refractivity contribution in [3.63, 3.8) is 0 Å². The Balaban J connectivity index is 1.54. The van der Waals surface area contributed by atoms with Crippen LogP contribution in [0, 0.1) is 0 Å². The second kappa shape index (κ2) is 11.6. The van der Waals surface area contributed by atoms with Crippen LogP contribution in [0.2, 0.25) is 5.02 Å². The van der Waals surface area contributed by atoms with E-state index in [4.69, 9.17) is 26.1 Å². The minimum atomic E-state index is -1.18. The van der Waals surface area contributed by atoms with E-state index in [-0.39, 0.29) is 17.7 Å². The lowest BCUT2D eigenvalue weighted by molar-refractivity contribution is 0.0697. The van der Waals surface area contributed by atoms with Crippen molar-refractivity contribution in [2.24, 2.45) is 0 Å². The van der Waals surface area contributed by atoms with E-state index in [1.54, 1.807) is 44.6 Å². The number of aromatic nitrogens is 2. The molecule has 0 saturated heterocycles. The number of hydrogen-bond donors (Lipinski definition) is 3. The zero-order valence-corrected chi connectivity index (χ0v) is 22.5. The Morgan fingerprint density at radius 2 is 1.73 bits per heavy atom. The van der Waals surface area contributed by atoms with Gasteiger partial charge in [0.15, 0.2) is 0 Å². The number of nitrogens with one attached hydrogen (secondary N) is 2. The smallest absolute Gasteiger partial charge is 0.336 e. The first-order valence-electron chi connectivity index (χ1n) is 12.4. The zero-order valence-electron chi connectivity index (χ0n) is 21.8. The van der Waals surface area contributed by atoms with E-state index in [1.165, 1.54) is 6.07 Å². The van der Waals surface area contributed by atoms with Gasteiger partial charge in [-0.2, -0.15) is 0 Å². The number of fused-ring (bicyclic) bond motifs is 1. The van der Waals surface area contributed by atoms with E-state index in [1.807, 2.05) is 48.5 Å². The highest BCUT2D eigenvalue weighted by Gasteiger charge is 2.22. The maximum absolute atomic E-state index is 13.2. The monoisotopic (exact) mass is 555 g/mol. The molecule has 0 aliphatic carbocycles. The molecule has 40 heavy (non-hydrogen) atoms. The average molecular weight is 556 g/mol. The maximum Gasteiger partial charge on any atom is 0.336 e.